The molecule has 1 aliphatic rings. The summed E-state index contributed by atoms with van der Waals surface area (Å²) >= 11 is 1.47. The van der Waals surface area contributed by atoms with Crippen LogP contribution < -0.4 is 9.47 Å². The molecule has 9 heteroatoms. The van der Waals surface area contributed by atoms with Gasteiger partial charge >= 0.3 is 5.69 Å². The molecule has 1 fully saturated rings. The van der Waals surface area contributed by atoms with E-state index in [0.29, 0.717) is 17.4 Å². The Kier molecular flexibility index (Phi) is 7.08. The monoisotopic (exact) mass is 469 g/mol. The number of ether oxygens (including phenoxy) is 2. The molecule has 1 amide bonds. The molecule has 0 radical (unpaired) electrons. The molecule has 8 nitrogen and oxygen atoms in total. The van der Waals surface area contributed by atoms with E-state index in [-0.39, 0.29) is 17.3 Å². The largest absolute Gasteiger partial charge is 0.497 e. The van der Waals surface area contributed by atoms with Crippen LogP contribution in [0.4, 0.5) is 5.69 Å². The van der Waals surface area contributed by atoms with Gasteiger partial charge in [0.1, 0.15) is 5.75 Å². The second kappa shape index (κ2) is 10.2. The molecule has 3 aromatic rings. The maximum absolute atomic E-state index is 12.7. The number of likely N-dealkylation sites (tertiary alicyclic amines) is 1. The van der Waals surface area contributed by atoms with Crippen LogP contribution in [0.3, 0.4) is 0 Å². The highest BCUT2D eigenvalue weighted by Crippen LogP contribution is 2.35. The summed E-state index contributed by atoms with van der Waals surface area (Å²) in [4.78, 5) is 28.7. The van der Waals surface area contributed by atoms with E-state index in [4.69, 9.17) is 9.47 Å². The van der Waals surface area contributed by atoms with Gasteiger partial charge in [-0.2, -0.15) is 0 Å². The molecule has 1 saturated heterocycles. The zero-order chi connectivity index (χ0) is 23.4. The molecule has 0 spiro atoms. The van der Waals surface area contributed by atoms with E-state index >= 15 is 0 Å². The first-order valence-electron chi connectivity index (χ1n) is 10.8. The maximum atomic E-state index is 12.7. The number of piperidine rings is 1. The molecule has 1 aromatic heterocycles. The number of aromatic nitrogens is 1. The molecule has 4 rings (SSSR count). The number of amides is 1. The molecule has 0 aliphatic carbocycles. The summed E-state index contributed by atoms with van der Waals surface area (Å²) in [6.45, 7) is 1.46. The second-order valence-corrected chi connectivity index (χ2v) is 9.05. The average Bonchev–Trinajstić information content (AvgIpc) is 3.27. The van der Waals surface area contributed by atoms with Crippen LogP contribution in [-0.2, 0) is 10.5 Å². The van der Waals surface area contributed by atoms with Gasteiger partial charge in [-0.05, 0) is 54.2 Å². The van der Waals surface area contributed by atoms with Gasteiger partial charge in [0.2, 0.25) is 5.91 Å². The van der Waals surface area contributed by atoms with Crippen LogP contribution in [0.1, 0.15) is 29.9 Å². The van der Waals surface area contributed by atoms with Crippen molar-refractivity contribution in [3.05, 3.63) is 63.8 Å². The van der Waals surface area contributed by atoms with Gasteiger partial charge in [0.05, 0.1) is 24.9 Å². The average molecular weight is 470 g/mol. The lowest BCUT2D eigenvalue weighted by atomic mass is 9.89. The summed E-state index contributed by atoms with van der Waals surface area (Å²) in [6, 6.07) is 11.0. The SMILES string of the molecule is COc1ccc2[nH]cc(C3CCN(C(=O)CSCc4ccc(OC)c([N+](=O)[O-])c4)CC3)c2c1. The van der Waals surface area contributed by atoms with Crippen molar-refractivity contribution in [2.45, 2.75) is 24.5 Å². The molecular weight excluding hydrogens is 442 g/mol. The lowest BCUT2D eigenvalue weighted by Gasteiger charge is -2.32. The lowest BCUT2D eigenvalue weighted by molar-refractivity contribution is -0.385. The minimum absolute atomic E-state index is 0.0566. The van der Waals surface area contributed by atoms with Gasteiger partial charge in [-0.3, -0.25) is 14.9 Å². The summed E-state index contributed by atoms with van der Waals surface area (Å²) in [6.07, 6.45) is 3.92. The Balaban J connectivity index is 1.30. The van der Waals surface area contributed by atoms with Crippen LogP contribution in [0.25, 0.3) is 10.9 Å². The molecule has 1 N–H and O–H groups in total. The number of fused-ring (bicyclic) bond motifs is 1. The van der Waals surface area contributed by atoms with Gasteiger partial charge in [-0.1, -0.05) is 6.07 Å². The van der Waals surface area contributed by atoms with Crippen molar-refractivity contribution in [2.24, 2.45) is 0 Å². The highest BCUT2D eigenvalue weighted by Gasteiger charge is 2.25. The number of aromatic amines is 1. The quantitative estimate of drug-likeness (QED) is 0.378. The lowest BCUT2D eigenvalue weighted by Crippen LogP contribution is -2.38. The van der Waals surface area contributed by atoms with Crippen LogP contribution >= 0.6 is 11.8 Å². The molecule has 0 saturated carbocycles. The number of nitro groups is 1. The number of carbonyl (C=O) groups is 1. The maximum Gasteiger partial charge on any atom is 0.311 e. The van der Waals surface area contributed by atoms with E-state index in [1.807, 2.05) is 17.0 Å². The third-order valence-electron chi connectivity index (χ3n) is 6.14. The third kappa shape index (κ3) is 5.08. The molecule has 0 unspecified atom stereocenters. The van der Waals surface area contributed by atoms with Crippen LogP contribution in [-0.4, -0.2) is 53.8 Å². The Morgan fingerprint density at radius 3 is 2.67 bits per heavy atom. The minimum Gasteiger partial charge on any atom is -0.497 e. The normalized spacial score (nSPS) is 14.4. The molecule has 0 atom stereocenters. The number of benzene rings is 2. The van der Waals surface area contributed by atoms with E-state index in [0.717, 1.165) is 42.8 Å². The number of H-pyrrole nitrogens is 1. The third-order valence-corrected chi connectivity index (χ3v) is 7.13. The van der Waals surface area contributed by atoms with Crippen LogP contribution in [0.5, 0.6) is 11.5 Å². The fraction of sp³-hybridized carbons (Fsp3) is 0.375. The van der Waals surface area contributed by atoms with Gasteiger partial charge in [0.15, 0.2) is 5.75 Å². The van der Waals surface area contributed by atoms with Gasteiger partial charge in [-0.15, -0.1) is 11.8 Å². The predicted molar refractivity (Wildman–Crippen MR) is 129 cm³/mol. The molecule has 1 aliphatic heterocycles. The number of hydrogen-bond donors (Lipinski definition) is 1. The number of nitrogens with one attached hydrogen (secondary N) is 1. The van der Waals surface area contributed by atoms with E-state index < -0.39 is 4.92 Å². The smallest absolute Gasteiger partial charge is 0.311 e. The van der Waals surface area contributed by atoms with Crippen molar-refractivity contribution in [1.29, 1.82) is 0 Å². The zero-order valence-electron chi connectivity index (χ0n) is 18.7. The van der Waals surface area contributed by atoms with E-state index in [1.165, 1.54) is 35.9 Å². The Morgan fingerprint density at radius 1 is 1.18 bits per heavy atom. The number of nitro benzene ring substituents is 1. The summed E-state index contributed by atoms with van der Waals surface area (Å²) in [7, 11) is 3.08. The van der Waals surface area contributed by atoms with Gasteiger partial charge in [-0.25, -0.2) is 0 Å². The van der Waals surface area contributed by atoms with Crippen molar-refractivity contribution in [2.75, 3.05) is 33.1 Å². The number of methoxy groups -OCH3 is 2. The zero-order valence-corrected chi connectivity index (χ0v) is 19.5. The molecular formula is C24H27N3O5S. The topological polar surface area (TPSA) is 97.7 Å². The minimum atomic E-state index is -0.452. The Bertz CT molecular complexity index is 1150. The highest BCUT2D eigenvalue weighted by atomic mass is 32.2. The van der Waals surface area contributed by atoms with Crippen LogP contribution in [0.15, 0.2) is 42.6 Å². The van der Waals surface area contributed by atoms with Crippen molar-refractivity contribution in [3.8, 4) is 11.5 Å². The summed E-state index contributed by atoms with van der Waals surface area (Å²) in [5, 5.41) is 12.4. The van der Waals surface area contributed by atoms with Crippen LogP contribution in [0, 0.1) is 10.1 Å². The summed E-state index contributed by atoms with van der Waals surface area (Å²) in [5.41, 5.74) is 3.12. The first-order chi connectivity index (χ1) is 16.0. The summed E-state index contributed by atoms with van der Waals surface area (Å²) in [5.74, 6) is 2.49. The number of nitrogens with zero attached hydrogens (tertiary/aromatic N) is 2. The first kappa shape index (κ1) is 23.0. The van der Waals surface area contributed by atoms with E-state index in [1.54, 1.807) is 19.2 Å². The molecule has 174 valence electrons. The highest BCUT2D eigenvalue weighted by molar-refractivity contribution is 7.99. The van der Waals surface area contributed by atoms with Gasteiger partial charge in [0.25, 0.3) is 0 Å². The van der Waals surface area contributed by atoms with Crippen molar-refractivity contribution in [3.63, 3.8) is 0 Å². The standard InChI is InChI=1S/C24H27N3O5S/c1-31-18-4-5-21-19(12-18)20(13-25-21)17-7-9-26(10-8-17)24(28)15-33-14-16-3-6-23(32-2)22(11-16)27(29)30/h3-6,11-13,17,25H,7-10,14-15H2,1-2H3. The Morgan fingerprint density at radius 2 is 1.97 bits per heavy atom. The fourth-order valence-corrected chi connectivity index (χ4v) is 5.22. The molecule has 33 heavy (non-hydrogen) atoms. The number of hydrogen-bond acceptors (Lipinski definition) is 6. The molecule has 2 aromatic carbocycles. The van der Waals surface area contributed by atoms with Gasteiger partial charge < -0.3 is 19.4 Å². The summed E-state index contributed by atoms with van der Waals surface area (Å²) < 4.78 is 10.4. The van der Waals surface area contributed by atoms with E-state index in [9.17, 15) is 14.9 Å². The fourth-order valence-electron chi connectivity index (χ4n) is 4.34. The predicted octanol–water partition coefficient (Wildman–Crippen LogP) is 4.73. The Labute approximate surface area is 196 Å². The number of rotatable bonds is 8. The first-order valence-corrected chi connectivity index (χ1v) is 12.0. The Hall–Kier alpha value is -3.20. The van der Waals surface area contributed by atoms with E-state index in [2.05, 4.69) is 17.2 Å². The van der Waals surface area contributed by atoms with Crippen molar-refractivity contribution < 1.29 is 19.2 Å². The molecule has 0 bridgehead atoms. The molecule has 2 heterocycles. The van der Waals surface area contributed by atoms with Gasteiger partial charge in [0, 0.05) is 42.0 Å². The number of thioether (sulfide) groups is 1. The van der Waals surface area contributed by atoms with Crippen molar-refractivity contribution in [1.82, 2.24) is 9.88 Å². The van der Waals surface area contributed by atoms with Crippen molar-refractivity contribution >= 4 is 34.3 Å². The number of carbonyl (C=O) groups excluding carboxylic acids is 1. The second-order valence-electron chi connectivity index (χ2n) is 8.07. The van der Waals surface area contributed by atoms with Crippen LogP contribution in [0.2, 0.25) is 0 Å².